The highest BCUT2D eigenvalue weighted by atomic mass is 19.4. The number of hydrogen-bond acceptors (Lipinski definition) is 4. The summed E-state index contributed by atoms with van der Waals surface area (Å²) in [5.41, 5.74) is 1.86. The van der Waals surface area contributed by atoms with E-state index in [9.17, 15) is 22.8 Å². The molecular formula is C19H16F3NO4. The first-order chi connectivity index (χ1) is 12.7. The molecule has 27 heavy (non-hydrogen) atoms. The number of hydrogen-bond donors (Lipinski definition) is 0. The predicted octanol–water partition coefficient (Wildman–Crippen LogP) is 3.72. The van der Waals surface area contributed by atoms with Crippen LogP contribution < -0.4 is 9.64 Å². The van der Waals surface area contributed by atoms with E-state index >= 15 is 0 Å². The minimum absolute atomic E-state index is 0.0206. The number of amides is 1. The molecule has 1 aliphatic rings. The summed E-state index contributed by atoms with van der Waals surface area (Å²) in [6, 6.07) is 11.7. The highest BCUT2D eigenvalue weighted by Crippen LogP contribution is 2.31. The summed E-state index contributed by atoms with van der Waals surface area (Å²) in [6.45, 7) is 1.44. The molecule has 1 amide bonds. The number of nitrogens with zero attached hydrogens (tertiary/aromatic N) is 1. The van der Waals surface area contributed by atoms with Crippen LogP contribution in [0.1, 0.15) is 22.8 Å². The van der Waals surface area contributed by atoms with Crippen LogP contribution >= 0.6 is 0 Å². The van der Waals surface area contributed by atoms with Crippen LogP contribution in [0, 0.1) is 0 Å². The zero-order valence-electron chi connectivity index (χ0n) is 14.3. The van der Waals surface area contributed by atoms with Gasteiger partial charge in [0.05, 0.1) is 5.56 Å². The van der Waals surface area contributed by atoms with Gasteiger partial charge in [0.25, 0.3) is 5.91 Å². The lowest BCUT2D eigenvalue weighted by molar-refractivity contribution is -0.274. The van der Waals surface area contributed by atoms with E-state index in [-0.39, 0.29) is 17.5 Å². The zero-order chi connectivity index (χ0) is 19.6. The molecule has 2 aromatic carbocycles. The molecule has 1 heterocycles. The van der Waals surface area contributed by atoms with Crippen molar-refractivity contribution in [2.24, 2.45) is 0 Å². The SMILES string of the molecule is C[C@H]1Cc2ccccc2N1C(=O)COC(=O)c1ccc(OC(F)(F)F)cc1. The van der Waals surface area contributed by atoms with Gasteiger partial charge in [-0.3, -0.25) is 4.79 Å². The van der Waals surface area contributed by atoms with Crippen molar-refractivity contribution in [1.82, 2.24) is 0 Å². The summed E-state index contributed by atoms with van der Waals surface area (Å²) >= 11 is 0. The van der Waals surface area contributed by atoms with Crippen molar-refractivity contribution in [3.05, 3.63) is 59.7 Å². The Hall–Kier alpha value is -3.03. The third-order valence-corrected chi connectivity index (χ3v) is 4.13. The Morgan fingerprint density at radius 1 is 1.11 bits per heavy atom. The van der Waals surface area contributed by atoms with E-state index < -0.39 is 24.7 Å². The number of anilines is 1. The number of ether oxygens (including phenoxy) is 2. The van der Waals surface area contributed by atoms with Crippen molar-refractivity contribution < 1.29 is 32.2 Å². The second-order valence-corrected chi connectivity index (χ2v) is 6.09. The number of alkyl halides is 3. The molecule has 1 aliphatic heterocycles. The van der Waals surface area contributed by atoms with Crippen molar-refractivity contribution in [2.75, 3.05) is 11.5 Å². The fraction of sp³-hybridized carbons (Fsp3) is 0.263. The first-order valence-electron chi connectivity index (χ1n) is 8.17. The largest absolute Gasteiger partial charge is 0.573 e. The van der Waals surface area contributed by atoms with E-state index in [1.54, 1.807) is 4.90 Å². The first kappa shape index (κ1) is 18.8. The Labute approximate surface area is 153 Å². The third kappa shape index (κ3) is 4.39. The lowest BCUT2D eigenvalue weighted by Gasteiger charge is -2.22. The van der Waals surface area contributed by atoms with Gasteiger partial charge in [-0.25, -0.2) is 4.79 Å². The van der Waals surface area contributed by atoms with Crippen LogP contribution in [-0.4, -0.2) is 30.9 Å². The number of esters is 1. The molecule has 8 heteroatoms. The van der Waals surface area contributed by atoms with E-state index in [1.165, 1.54) is 0 Å². The minimum Gasteiger partial charge on any atom is -0.452 e. The van der Waals surface area contributed by atoms with Gasteiger partial charge in [-0.2, -0.15) is 0 Å². The molecular weight excluding hydrogens is 363 g/mol. The molecule has 0 saturated carbocycles. The molecule has 0 aliphatic carbocycles. The standard InChI is InChI=1S/C19H16F3NO4/c1-12-10-14-4-2-3-5-16(14)23(12)17(24)11-26-18(25)13-6-8-15(9-7-13)27-19(20,21)22/h2-9,12H,10-11H2,1H3/t12-/m0/s1. The van der Waals surface area contributed by atoms with E-state index in [1.807, 2.05) is 31.2 Å². The Balaban J connectivity index is 1.60. The van der Waals surface area contributed by atoms with Gasteiger partial charge >= 0.3 is 12.3 Å². The quantitative estimate of drug-likeness (QED) is 0.760. The monoisotopic (exact) mass is 379 g/mol. The molecule has 0 aromatic heterocycles. The number of halogens is 3. The molecule has 142 valence electrons. The van der Waals surface area contributed by atoms with Crippen molar-refractivity contribution in [3.8, 4) is 5.75 Å². The van der Waals surface area contributed by atoms with Crippen molar-refractivity contribution in [2.45, 2.75) is 25.7 Å². The summed E-state index contributed by atoms with van der Waals surface area (Å²) in [4.78, 5) is 26.1. The van der Waals surface area contributed by atoms with Crippen LogP contribution in [0.3, 0.4) is 0 Å². The van der Waals surface area contributed by atoms with Gasteiger partial charge in [0.15, 0.2) is 6.61 Å². The molecule has 3 rings (SSSR count). The average Bonchev–Trinajstić information content (AvgIpc) is 2.94. The minimum atomic E-state index is -4.81. The van der Waals surface area contributed by atoms with Crippen LogP contribution in [0.4, 0.5) is 18.9 Å². The van der Waals surface area contributed by atoms with Gasteiger partial charge in [-0.05, 0) is 49.2 Å². The Morgan fingerprint density at radius 2 is 1.78 bits per heavy atom. The summed E-state index contributed by atoms with van der Waals surface area (Å²) in [5, 5.41) is 0. The van der Waals surface area contributed by atoms with Crippen LogP contribution in [0.2, 0.25) is 0 Å². The molecule has 0 fully saturated rings. The van der Waals surface area contributed by atoms with Crippen molar-refractivity contribution in [3.63, 3.8) is 0 Å². The van der Waals surface area contributed by atoms with Gasteiger partial charge < -0.3 is 14.4 Å². The van der Waals surface area contributed by atoms with Gasteiger partial charge in [0, 0.05) is 11.7 Å². The van der Waals surface area contributed by atoms with E-state index in [4.69, 9.17) is 4.74 Å². The predicted molar refractivity (Wildman–Crippen MR) is 90.5 cm³/mol. The fourth-order valence-corrected chi connectivity index (χ4v) is 3.02. The number of rotatable bonds is 4. The first-order valence-corrected chi connectivity index (χ1v) is 8.17. The summed E-state index contributed by atoms with van der Waals surface area (Å²) < 4.78 is 45.2. The lowest BCUT2D eigenvalue weighted by atomic mass is 10.1. The molecule has 0 N–H and O–H groups in total. The van der Waals surface area contributed by atoms with E-state index in [0.29, 0.717) is 0 Å². The highest BCUT2D eigenvalue weighted by molar-refractivity contribution is 5.99. The van der Waals surface area contributed by atoms with E-state index in [2.05, 4.69) is 4.74 Å². The maximum absolute atomic E-state index is 12.5. The molecule has 0 saturated heterocycles. The topological polar surface area (TPSA) is 55.8 Å². The Kier molecular flexibility index (Phi) is 5.07. The highest BCUT2D eigenvalue weighted by Gasteiger charge is 2.32. The normalized spacial score (nSPS) is 16.0. The molecule has 0 radical (unpaired) electrons. The van der Waals surface area contributed by atoms with Gasteiger partial charge in [0.2, 0.25) is 0 Å². The molecule has 0 spiro atoms. The Morgan fingerprint density at radius 3 is 2.44 bits per heavy atom. The van der Waals surface area contributed by atoms with Crippen molar-refractivity contribution in [1.29, 1.82) is 0 Å². The van der Waals surface area contributed by atoms with E-state index in [0.717, 1.165) is 41.9 Å². The fourth-order valence-electron chi connectivity index (χ4n) is 3.02. The molecule has 0 unspecified atom stereocenters. The summed E-state index contributed by atoms with van der Waals surface area (Å²) in [5.74, 6) is -1.61. The molecule has 0 bridgehead atoms. The van der Waals surface area contributed by atoms with Crippen LogP contribution in [0.25, 0.3) is 0 Å². The molecule has 1 atom stereocenters. The van der Waals surface area contributed by atoms with Gasteiger partial charge in [0.1, 0.15) is 5.75 Å². The summed E-state index contributed by atoms with van der Waals surface area (Å²) in [7, 11) is 0. The number of para-hydroxylation sites is 1. The van der Waals surface area contributed by atoms with Crippen LogP contribution in [-0.2, 0) is 16.0 Å². The van der Waals surface area contributed by atoms with Crippen LogP contribution in [0.5, 0.6) is 5.75 Å². The Bertz CT molecular complexity index is 849. The van der Waals surface area contributed by atoms with Crippen LogP contribution in [0.15, 0.2) is 48.5 Å². The maximum atomic E-state index is 12.5. The number of carbonyl (C=O) groups excluding carboxylic acids is 2. The van der Waals surface area contributed by atoms with Gasteiger partial charge in [-0.1, -0.05) is 18.2 Å². The number of carbonyl (C=O) groups is 2. The number of fused-ring (bicyclic) bond motifs is 1. The summed E-state index contributed by atoms with van der Waals surface area (Å²) in [6.07, 6.45) is -4.09. The second-order valence-electron chi connectivity index (χ2n) is 6.09. The second kappa shape index (κ2) is 7.30. The van der Waals surface area contributed by atoms with Crippen molar-refractivity contribution >= 4 is 17.6 Å². The lowest BCUT2D eigenvalue weighted by Crippen LogP contribution is -2.38. The smallest absolute Gasteiger partial charge is 0.452 e. The average molecular weight is 379 g/mol. The third-order valence-electron chi connectivity index (χ3n) is 4.13. The van der Waals surface area contributed by atoms with Gasteiger partial charge in [-0.15, -0.1) is 13.2 Å². The molecule has 2 aromatic rings. The molecule has 5 nitrogen and oxygen atoms in total. The zero-order valence-corrected chi connectivity index (χ0v) is 14.3. The maximum Gasteiger partial charge on any atom is 0.573 e. The number of benzene rings is 2.